The summed E-state index contributed by atoms with van der Waals surface area (Å²) >= 11 is 1.45. The average molecular weight is 622 g/mol. The van der Waals surface area contributed by atoms with Gasteiger partial charge >= 0.3 is 6.09 Å². The minimum atomic E-state index is -1.31. The smallest absolute Gasteiger partial charge is 0.409 e. The summed E-state index contributed by atoms with van der Waals surface area (Å²) in [5, 5.41) is 0.639. The zero-order valence-corrected chi connectivity index (χ0v) is 27.9. The van der Waals surface area contributed by atoms with Crippen LogP contribution in [0.2, 0.25) is 25.7 Å². The number of thioether (sulfide) groups is 1. The van der Waals surface area contributed by atoms with Crippen molar-refractivity contribution < 1.29 is 19.1 Å². The van der Waals surface area contributed by atoms with E-state index in [0.29, 0.717) is 55.9 Å². The number of amides is 2. The van der Waals surface area contributed by atoms with Crippen molar-refractivity contribution in [2.24, 2.45) is 0 Å². The first-order chi connectivity index (χ1) is 20.6. The molecule has 9 nitrogen and oxygen atoms in total. The molecule has 0 N–H and O–H groups in total. The molecule has 2 amide bonds. The number of anilines is 2. The summed E-state index contributed by atoms with van der Waals surface area (Å²) in [7, 11) is 0.639. The summed E-state index contributed by atoms with van der Waals surface area (Å²) in [6.45, 7) is 11.5. The summed E-state index contributed by atoms with van der Waals surface area (Å²) in [5.41, 5.74) is 3.19. The fourth-order valence-corrected chi connectivity index (χ4v) is 5.80. The molecular formula is C32H43N5O4SSi. The minimum Gasteiger partial charge on any atom is -0.450 e. The van der Waals surface area contributed by atoms with Gasteiger partial charge in [-0.2, -0.15) is 0 Å². The van der Waals surface area contributed by atoms with E-state index in [1.807, 2.05) is 79.7 Å². The maximum absolute atomic E-state index is 13.6. The molecule has 0 bridgehead atoms. The second-order valence-electron chi connectivity index (χ2n) is 11.8. The fraction of sp³-hybridized carbons (Fsp3) is 0.438. The summed E-state index contributed by atoms with van der Waals surface area (Å²) in [5.74, 6) is 0.523. The number of carbonyl (C=O) groups is 2. The van der Waals surface area contributed by atoms with Gasteiger partial charge in [0, 0.05) is 46.6 Å². The van der Waals surface area contributed by atoms with Gasteiger partial charge in [0.2, 0.25) is 0 Å². The van der Waals surface area contributed by atoms with Crippen molar-refractivity contribution >= 4 is 43.3 Å². The lowest BCUT2D eigenvalue weighted by molar-refractivity contribution is 0.0124. The predicted molar refractivity (Wildman–Crippen MR) is 176 cm³/mol. The normalized spacial score (nSPS) is 14.2. The predicted octanol–water partition coefficient (Wildman–Crippen LogP) is 6.35. The molecule has 1 aliphatic heterocycles. The van der Waals surface area contributed by atoms with E-state index in [1.165, 1.54) is 11.8 Å². The quantitative estimate of drug-likeness (QED) is 0.131. The lowest BCUT2D eigenvalue weighted by Gasteiger charge is -2.27. The van der Waals surface area contributed by atoms with E-state index in [-0.39, 0.29) is 18.1 Å². The second-order valence-corrected chi connectivity index (χ2v) is 18.2. The van der Waals surface area contributed by atoms with Crippen LogP contribution in [0.4, 0.5) is 16.3 Å². The third kappa shape index (κ3) is 8.81. The molecule has 1 unspecified atom stereocenters. The van der Waals surface area contributed by atoms with Crippen molar-refractivity contribution in [3.05, 3.63) is 77.5 Å². The molecule has 11 heteroatoms. The Morgan fingerprint density at radius 1 is 1.12 bits per heavy atom. The highest BCUT2D eigenvalue weighted by Crippen LogP contribution is 2.28. The van der Waals surface area contributed by atoms with E-state index in [9.17, 15) is 9.59 Å². The van der Waals surface area contributed by atoms with Gasteiger partial charge in [-0.15, -0.1) is 0 Å². The number of nitrogens with zero attached hydrogens (tertiary/aromatic N) is 5. The van der Waals surface area contributed by atoms with Crippen LogP contribution in [0.25, 0.3) is 0 Å². The monoisotopic (exact) mass is 621 g/mol. The van der Waals surface area contributed by atoms with Crippen molar-refractivity contribution in [1.82, 2.24) is 14.9 Å². The fourth-order valence-electron chi connectivity index (χ4n) is 4.75. The van der Waals surface area contributed by atoms with Gasteiger partial charge in [-0.05, 0) is 42.5 Å². The van der Waals surface area contributed by atoms with E-state index < -0.39 is 8.07 Å². The molecule has 0 aliphatic carbocycles. The average Bonchev–Trinajstić information content (AvgIpc) is 3.12. The zero-order valence-electron chi connectivity index (χ0n) is 26.1. The van der Waals surface area contributed by atoms with Crippen molar-refractivity contribution in [3.63, 3.8) is 0 Å². The number of benzene rings is 2. The van der Waals surface area contributed by atoms with Crippen LogP contribution in [0.5, 0.6) is 0 Å². The summed E-state index contributed by atoms with van der Waals surface area (Å²) in [6, 6.07) is 18.7. The van der Waals surface area contributed by atoms with Gasteiger partial charge in [0.1, 0.15) is 17.5 Å². The van der Waals surface area contributed by atoms with Crippen molar-refractivity contribution in [2.45, 2.75) is 50.5 Å². The Hall–Kier alpha value is -3.41. The van der Waals surface area contributed by atoms with Gasteiger partial charge in [0.25, 0.3) is 5.91 Å². The Balaban J connectivity index is 1.49. The molecule has 0 saturated heterocycles. The highest BCUT2D eigenvalue weighted by Gasteiger charge is 2.28. The largest absolute Gasteiger partial charge is 0.450 e. The molecule has 0 spiro atoms. The molecule has 4 rings (SSSR count). The molecule has 2 heterocycles. The molecule has 1 aromatic heterocycles. The van der Waals surface area contributed by atoms with Crippen LogP contribution < -0.4 is 9.80 Å². The van der Waals surface area contributed by atoms with E-state index in [4.69, 9.17) is 9.47 Å². The van der Waals surface area contributed by atoms with Crippen molar-refractivity contribution in [2.75, 3.05) is 55.9 Å². The first-order valence-electron chi connectivity index (χ1n) is 14.7. The number of ether oxygens (including phenoxy) is 2. The molecule has 43 heavy (non-hydrogen) atoms. The Morgan fingerprint density at radius 3 is 2.58 bits per heavy atom. The van der Waals surface area contributed by atoms with Gasteiger partial charge in [-0.25, -0.2) is 14.8 Å². The SMILES string of the molecule is CCN(CC(OCc1cccc(N2CCN(C)c3nc(SC)ncc3C2=O)c1)c1ccccc1)C(=O)OCC[Si](C)(C)C. The Labute approximate surface area is 260 Å². The van der Waals surface area contributed by atoms with E-state index in [2.05, 4.69) is 29.6 Å². The van der Waals surface area contributed by atoms with Gasteiger partial charge in [0.05, 0.1) is 19.8 Å². The standard InChI is InChI=1S/C32H43N5O4SSi/c1-7-36(32(39)40-18-19-43(4,5)6)22-28(25-13-9-8-10-14-25)41-23-24-12-11-15-26(20-24)37-17-16-35(2)29-27(30(37)38)21-33-31(34-29)42-3/h8-15,20-21,28H,7,16-19,22-23H2,1-6H3. The minimum absolute atomic E-state index is 0.126. The molecule has 0 fully saturated rings. The van der Waals surface area contributed by atoms with Crippen LogP contribution in [0.15, 0.2) is 66.0 Å². The van der Waals surface area contributed by atoms with Gasteiger partial charge in [-0.3, -0.25) is 4.79 Å². The number of fused-ring (bicyclic) bond motifs is 1. The second kappa shape index (κ2) is 14.9. The molecular weight excluding hydrogens is 579 g/mol. The zero-order chi connectivity index (χ0) is 31.0. The van der Waals surface area contributed by atoms with Crippen molar-refractivity contribution in [1.29, 1.82) is 0 Å². The number of likely N-dealkylation sites (N-methyl/N-ethyl adjacent to an activating group) is 2. The van der Waals surface area contributed by atoms with Crippen LogP contribution >= 0.6 is 11.8 Å². The lowest BCUT2D eigenvalue weighted by Crippen LogP contribution is -2.36. The highest BCUT2D eigenvalue weighted by molar-refractivity contribution is 7.98. The molecule has 2 aromatic carbocycles. The third-order valence-electron chi connectivity index (χ3n) is 7.37. The molecule has 3 aromatic rings. The first kappa shape index (κ1) is 32.5. The maximum Gasteiger partial charge on any atom is 0.409 e. The van der Waals surface area contributed by atoms with E-state index in [1.54, 1.807) is 16.0 Å². The molecule has 230 valence electrons. The van der Waals surface area contributed by atoms with Gasteiger partial charge in [0.15, 0.2) is 5.16 Å². The maximum atomic E-state index is 13.6. The number of carbonyl (C=O) groups excluding carboxylic acids is 2. The topological polar surface area (TPSA) is 88.1 Å². The summed E-state index contributed by atoms with van der Waals surface area (Å²) in [4.78, 5) is 41.0. The summed E-state index contributed by atoms with van der Waals surface area (Å²) in [6.07, 6.45) is 2.88. The number of hydrogen-bond donors (Lipinski definition) is 0. The highest BCUT2D eigenvalue weighted by atomic mass is 32.2. The third-order valence-corrected chi connectivity index (χ3v) is 9.64. The molecule has 1 atom stereocenters. The lowest BCUT2D eigenvalue weighted by atomic mass is 10.1. The molecule has 0 saturated carbocycles. The Kier molecular flexibility index (Phi) is 11.2. The van der Waals surface area contributed by atoms with Crippen LogP contribution in [-0.4, -0.2) is 81.0 Å². The summed E-state index contributed by atoms with van der Waals surface area (Å²) < 4.78 is 12.1. The number of rotatable bonds is 12. The molecule has 1 aliphatic rings. The van der Waals surface area contributed by atoms with Gasteiger partial charge < -0.3 is 24.2 Å². The van der Waals surface area contributed by atoms with E-state index in [0.717, 1.165) is 22.9 Å². The Bertz CT molecular complexity index is 1390. The molecule has 0 radical (unpaired) electrons. The van der Waals surface area contributed by atoms with Crippen LogP contribution in [0, 0.1) is 0 Å². The van der Waals surface area contributed by atoms with Crippen LogP contribution in [0.1, 0.15) is 34.5 Å². The van der Waals surface area contributed by atoms with Gasteiger partial charge in [-0.1, -0.05) is 73.9 Å². The number of aromatic nitrogens is 2. The Morgan fingerprint density at radius 2 is 1.88 bits per heavy atom. The van der Waals surface area contributed by atoms with E-state index >= 15 is 0 Å². The first-order valence-corrected chi connectivity index (χ1v) is 19.6. The van der Waals surface area contributed by atoms with Crippen LogP contribution in [0.3, 0.4) is 0 Å². The van der Waals surface area contributed by atoms with Crippen LogP contribution in [-0.2, 0) is 16.1 Å². The van der Waals surface area contributed by atoms with Crippen molar-refractivity contribution in [3.8, 4) is 0 Å². The number of hydrogen-bond acceptors (Lipinski definition) is 8.